The topological polar surface area (TPSA) is 37.8 Å². The minimum atomic E-state index is -0.434. The standard InChI is InChI=1S/C7H9ClFN3S/c1-13-7-11-5(8)4-6(12-7)10-3-2-9/h4H,2-3H2,1H3,(H,10,11,12). The first kappa shape index (κ1) is 10.5. The molecule has 1 N–H and O–H groups in total. The fraction of sp³-hybridized carbons (Fsp3) is 0.429. The van der Waals surface area contributed by atoms with Crippen LogP contribution in [0.15, 0.2) is 11.2 Å². The van der Waals surface area contributed by atoms with E-state index in [1.165, 1.54) is 11.8 Å². The van der Waals surface area contributed by atoms with E-state index in [0.29, 0.717) is 16.1 Å². The van der Waals surface area contributed by atoms with Gasteiger partial charge in [0.05, 0.1) is 0 Å². The number of rotatable bonds is 4. The lowest BCUT2D eigenvalue weighted by atomic mass is 10.5. The van der Waals surface area contributed by atoms with Crippen molar-refractivity contribution >= 4 is 29.2 Å². The Kier molecular flexibility index (Phi) is 4.24. The monoisotopic (exact) mass is 221 g/mol. The van der Waals surface area contributed by atoms with Gasteiger partial charge in [0.1, 0.15) is 17.6 Å². The van der Waals surface area contributed by atoms with Gasteiger partial charge in [-0.2, -0.15) is 0 Å². The fourth-order valence-electron chi connectivity index (χ4n) is 0.754. The van der Waals surface area contributed by atoms with Gasteiger partial charge in [0.2, 0.25) is 0 Å². The van der Waals surface area contributed by atoms with Crippen molar-refractivity contribution in [3.8, 4) is 0 Å². The molecular formula is C7H9ClFN3S. The van der Waals surface area contributed by atoms with Gasteiger partial charge in [0.25, 0.3) is 0 Å². The number of halogens is 2. The van der Waals surface area contributed by atoms with Crippen molar-refractivity contribution in [1.29, 1.82) is 0 Å². The lowest BCUT2D eigenvalue weighted by molar-refractivity contribution is 0.512. The van der Waals surface area contributed by atoms with Crippen LogP contribution in [-0.4, -0.2) is 29.4 Å². The molecule has 1 aromatic heterocycles. The summed E-state index contributed by atoms with van der Waals surface area (Å²) in [6.45, 7) is -0.197. The molecule has 3 nitrogen and oxygen atoms in total. The van der Waals surface area contributed by atoms with E-state index >= 15 is 0 Å². The summed E-state index contributed by atoms with van der Waals surface area (Å²) in [5.41, 5.74) is 0. The molecule has 0 aliphatic heterocycles. The molecule has 0 saturated heterocycles. The Labute approximate surface area is 85.1 Å². The summed E-state index contributed by atoms with van der Waals surface area (Å²) in [4.78, 5) is 8.02. The van der Waals surface area contributed by atoms with E-state index in [0.717, 1.165) is 0 Å². The summed E-state index contributed by atoms with van der Waals surface area (Å²) < 4.78 is 11.8. The molecule has 0 saturated carbocycles. The Morgan fingerprint density at radius 2 is 2.38 bits per heavy atom. The average Bonchev–Trinajstić information content (AvgIpc) is 2.14. The minimum absolute atomic E-state index is 0.237. The molecule has 1 heterocycles. The van der Waals surface area contributed by atoms with Crippen molar-refractivity contribution in [1.82, 2.24) is 9.97 Å². The second-order valence-electron chi connectivity index (χ2n) is 2.18. The molecule has 72 valence electrons. The molecule has 0 radical (unpaired) electrons. The highest BCUT2D eigenvalue weighted by molar-refractivity contribution is 7.98. The van der Waals surface area contributed by atoms with Gasteiger partial charge in [-0.25, -0.2) is 14.4 Å². The van der Waals surface area contributed by atoms with Crippen LogP contribution in [0.1, 0.15) is 0 Å². The summed E-state index contributed by atoms with van der Waals surface area (Å²) in [5.74, 6) is 0.557. The van der Waals surface area contributed by atoms with Crippen LogP contribution >= 0.6 is 23.4 Å². The Morgan fingerprint density at radius 3 is 3.00 bits per heavy atom. The van der Waals surface area contributed by atoms with Crippen molar-refractivity contribution in [3.05, 3.63) is 11.2 Å². The van der Waals surface area contributed by atoms with E-state index in [-0.39, 0.29) is 6.54 Å². The van der Waals surface area contributed by atoms with Gasteiger partial charge in [0, 0.05) is 12.6 Å². The number of hydrogen-bond acceptors (Lipinski definition) is 4. The van der Waals surface area contributed by atoms with Gasteiger partial charge in [-0.1, -0.05) is 23.4 Å². The Bertz CT molecular complexity index is 284. The zero-order valence-electron chi connectivity index (χ0n) is 7.05. The number of thioether (sulfide) groups is 1. The third-order valence-electron chi connectivity index (χ3n) is 1.26. The zero-order valence-corrected chi connectivity index (χ0v) is 8.62. The molecule has 1 rings (SSSR count). The van der Waals surface area contributed by atoms with Crippen LogP contribution in [0, 0.1) is 0 Å². The van der Waals surface area contributed by atoms with Crippen molar-refractivity contribution in [2.24, 2.45) is 0 Å². The molecule has 0 bridgehead atoms. The lowest BCUT2D eigenvalue weighted by Gasteiger charge is -2.04. The second-order valence-corrected chi connectivity index (χ2v) is 3.34. The van der Waals surface area contributed by atoms with Crippen LogP contribution in [0.3, 0.4) is 0 Å². The quantitative estimate of drug-likeness (QED) is 0.481. The summed E-state index contributed by atoms with van der Waals surface area (Å²) in [6, 6.07) is 1.57. The minimum Gasteiger partial charge on any atom is -0.367 e. The third kappa shape index (κ3) is 3.36. The van der Waals surface area contributed by atoms with Crippen molar-refractivity contribution in [2.45, 2.75) is 5.16 Å². The summed E-state index contributed by atoms with van der Waals surface area (Å²) in [5, 5.41) is 3.73. The Balaban J connectivity index is 2.76. The smallest absolute Gasteiger partial charge is 0.190 e. The maximum absolute atomic E-state index is 11.8. The molecule has 6 heteroatoms. The molecule has 0 unspecified atom stereocenters. The third-order valence-corrected chi connectivity index (χ3v) is 2.00. The Morgan fingerprint density at radius 1 is 1.62 bits per heavy atom. The lowest BCUT2D eigenvalue weighted by Crippen LogP contribution is -2.05. The zero-order chi connectivity index (χ0) is 9.68. The largest absolute Gasteiger partial charge is 0.367 e. The number of aromatic nitrogens is 2. The van der Waals surface area contributed by atoms with Gasteiger partial charge < -0.3 is 5.32 Å². The van der Waals surface area contributed by atoms with Gasteiger partial charge in [-0.15, -0.1) is 0 Å². The number of hydrogen-bond donors (Lipinski definition) is 1. The summed E-state index contributed by atoms with van der Waals surface area (Å²) in [7, 11) is 0. The van der Waals surface area contributed by atoms with Crippen LogP contribution < -0.4 is 5.32 Å². The molecule has 0 aliphatic carbocycles. The molecule has 0 fully saturated rings. The second kappa shape index (κ2) is 5.24. The maximum atomic E-state index is 11.8. The molecule has 1 aromatic rings. The number of alkyl halides is 1. The number of anilines is 1. The molecular weight excluding hydrogens is 213 g/mol. The van der Waals surface area contributed by atoms with Crippen molar-refractivity contribution < 1.29 is 4.39 Å². The van der Waals surface area contributed by atoms with E-state index < -0.39 is 6.67 Å². The van der Waals surface area contributed by atoms with Gasteiger partial charge >= 0.3 is 0 Å². The highest BCUT2D eigenvalue weighted by atomic mass is 35.5. The Hall–Kier alpha value is -0.550. The molecule has 13 heavy (non-hydrogen) atoms. The van der Waals surface area contributed by atoms with Crippen molar-refractivity contribution in [3.63, 3.8) is 0 Å². The van der Waals surface area contributed by atoms with Crippen LogP contribution in [-0.2, 0) is 0 Å². The van der Waals surface area contributed by atoms with E-state index in [1.54, 1.807) is 6.07 Å². The van der Waals surface area contributed by atoms with E-state index in [2.05, 4.69) is 15.3 Å². The normalized spacial score (nSPS) is 10.1. The molecule has 0 amide bonds. The summed E-state index contributed by atoms with van der Waals surface area (Å²) >= 11 is 7.10. The molecule has 0 aromatic carbocycles. The number of nitrogens with zero attached hydrogens (tertiary/aromatic N) is 2. The molecule has 0 atom stereocenters. The predicted molar refractivity (Wildman–Crippen MR) is 53.3 cm³/mol. The maximum Gasteiger partial charge on any atom is 0.190 e. The van der Waals surface area contributed by atoms with E-state index in [4.69, 9.17) is 11.6 Å². The van der Waals surface area contributed by atoms with Crippen LogP contribution in [0.5, 0.6) is 0 Å². The van der Waals surface area contributed by atoms with Gasteiger partial charge in [-0.05, 0) is 6.26 Å². The number of nitrogens with one attached hydrogen (secondary N) is 1. The fourth-order valence-corrected chi connectivity index (χ4v) is 1.37. The van der Waals surface area contributed by atoms with E-state index in [9.17, 15) is 4.39 Å². The summed E-state index contributed by atoms with van der Waals surface area (Å²) in [6.07, 6.45) is 1.85. The first-order valence-electron chi connectivity index (χ1n) is 3.64. The first-order chi connectivity index (χ1) is 6.26. The predicted octanol–water partition coefficient (Wildman–Crippen LogP) is 2.23. The molecule has 0 aliphatic rings. The van der Waals surface area contributed by atoms with Crippen LogP contribution in [0.2, 0.25) is 5.15 Å². The van der Waals surface area contributed by atoms with Crippen LogP contribution in [0.4, 0.5) is 10.2 Å². The SMILES string of the molecule is CSc1nc(Cl)cc(NCCF)n1. The average molecular weight is 222 g/mol. The first-order valence-corrected chi connectivity index (χ1v) is 5.25. The molecule has 0 spiro atoms. The highest BCUT2D eigenvalue weighted by Gasteiger charge is 2.00. The highest BCUT2D eigenvalue weighted by Crippen LogP contribution is 2.16. The van der Waals surface area contributed by atoms with Gasteiger partial charge in [-0.3, -0.25) is 0 Å². The van der Waals surface area contributed by atoms with Crippen LogP contribution in [0.25, 0.3) is 0 Å². The van der Waals surface area contributed by atoms with E-state index in [1.807, 2.05) is 6.26 Å². The van der Waals surface area contributed by atoms with Gasteiger partial charge in [0.15, 0.2) is 5.16 Å². The van der Waals surface area contributed by atoms with Crippen molar-refractivity contribution in [2.75, 3.05) is 24.8 Å².